The molecule has 0 spiro atoms. The van der Waals surface area contributed by atoms with E-state index in [-0.39, 0.29) is 12.1 Å². The molecular weight excluding hydrogens is 1090 g/mol. The summed E-state index contributed by atoms with van der Waals surface area (Å²) < 4.78 is 23.6. The van der Waals surface area contributed by atoms with Crippen molar-refractivity contribution in [2.45, 2.75) is 23.7 Å². The molecule has 1 N–H and O–H groups in total. The van der Waals surface area contributed by atoms with Gasteiger partial charge in [0.2, 0.25) is 11.6 Å². The summed E-state index contributed by atoms with van der Waals surface area (Å²) in [5, 5.41) is 8.06. The quantitative estimate of drug-likeness (QED) is 0.113. The van der Waals surface area contributed by atoms with Crippen LogP contribution in [0.1, 0.15) is 34.3 Å². The summed E-state index contributed by atoms with van der Waals surface area (Å²) in [6, 6.07) is 42.3. The molecule has 0 amide bonds. The molecule has 0 aliphatic carbocycles. The molecule has 0 radical (unpaired) electrons. The average Bonchev–Trinajstić information content (AvgIpc) is 4.09. The lowest BCUT2D eigenvalue weighted by atomic mass is 9.99. The van der Waals surface area contributed by atoms with Crippen LogP contribution in [0.2, 0.25) is 30.1 Å². The molecule has 10 nitrogen and oxygen atoms in total. The zero-order chi connectivity index (χ0) is 50.0. The number of nitrogens with zero attached hydrogens (tertiary/aromatic N) is 5. The molecule has 4 saturated heterocycles. The summed E-state index contributed by atoms with van der Waals surface area (Å²) in [6.07, 6.45) is 0. The molecular formula is C54H49BrCl6N6O4. The van der Waals surface area contributed by atoms with E-state index in [9.17, 15) is 0 Å². The average molecular weight is 1140 g/mol. The van der Waals surface area contributed by atoms with Crippen LogP contribution < -0.4 is 15.1 Å². The van der Waals surface area contributed by atoms with Crippen molar-refractivity contribution in [3.8, 4) is 0 Å². The van der Waals surface area contributed by atoms with Gasteiger partial charge in [-0.3, -0.25) is 4.90 Å². The largest absolute Gasteiger partial charge is 0.361 e. The molecule has 6 aromatic carbocycles. The fourth-order valence-corrected chi connectivity index (χ4v) is 11.0. The van der Waals surface area contributed by atoms with Gasteiger partial charge < -0.3 is 34.1 Å². The van der Waals surface area contributed by atoms with Gasteiger partial charge in [0, 0.05) is 70.5 Å². The van der Waals surface area contributed by atoms with Crippen LogP contribution in [0.5, 0.6) is 0 Å². The topological polar surface area (TPSA) is 67.4 Å². The standard InChI is InChI=1S/C27H24Cl3N3O2.C16H15Cl3N2.C11H10BrNO2/c1-31-23-9-4-20(5-10-23)27(34-14-15-35-27)18-32-12-13-33(25-11-8-22(29)16-24(25)30)26(17-32)19-2-6-21(28)7-3-19;17-12-3-1-11(2-4-12)16-10-20-7-8-21(16)15-6-5-13(18)9-14(15)19;1-13-10-4-2-9(3-5-10)11(8-12)14-6-7-15-11/h2-11,16,26H,12-15,17-18H2;1-6,9,16,20H,7-8,10H2;2-5H,6-8H2/t26-;16-;/m00./s1. The fraction of sp³-hybridized carbons (Fsp3) is 0.296. The second-order valence-electron chi connectivity index (χ2n) is 17.0. The second-order valence-corrected chi connectivity index (χ2v) is 20.1. The Morgan fingerprint density at radius 1 is 0.535 bits per heavy atom. The molecule has 10 rings (SSSR count). The lowest BCUT2D eigenvalue weighted by molar-refractivity contribution is -0.180. The van der Waals surface area contributed by atoms with E-state index in [1.165, 1.54) is 5.56 Å². The third kappa shape index (κ3) is 13.0. The van der Waals surface area contributed by atoms with Gasteiger partial charge in [-0.15, -0.1) is 0 Å². The van der Waals surface area contributed by atoms with Crippen LogP contribution in [0.3, 0.4) is 0 Å². The number of anilines is 2. The number of ether oxygens (including phenoxy) is 4. The number of nitrogens with one attached hydrogen (secondary N) is 1. The highest BCUT2D eigenvalue weighted by atomic mass is 79.9. The molecule has 6 aromatic rings. The SMILES string of the molecule is Clc1ccc([C@@H]2CNCCN2c2ccc(Cl)cc2Cl)cc1.[C-]#[N+]c1ccc(C2(CBr)OCCO2)cc1.[C-]#[N+]c1ccc(C2(CN3CCN(c4ccc(Cl)cc4Cl)[C@H](c4ccc(Cl)cc4)C3)OCCO2)cc1. The van der Waals surface area contributed by atoms with Crippen LogP contribution in [-0.2, 0) is 30.5 Å². The normalized spacial score (nSPS) is 19.4. The Labute approximate surface area is 453 Å². The van der Waals surface area contributed by atoms with E-state index in [4.69, 9.17) is 102 Å². The molecule has 4 fully saturated rings. The highest BCUT2D eigenvalue weighted by molar-refractivity contribution is 9.09. The molecule has 4 heterocycles. The first-order valence-electron chi connectivity index (χ1n) is 22.9. The Hall–Kier alpha value is -4.12. The summed E-state index contributed by atoms with van der Waals surface area (Å²) in [7, 11) is 0. The Bertz CT molecular complexity index is 2800. The molecule has 0 bridgehead atoms. The first-order valence-corrected chi connectivity index (χ1v) is 26.3. The van der Waals surface area contributed by atoms with Gasteiger partial charge in [0.1, 0.15) is 0 Å². The molecule has 17 heteroatoms. The second kappa shape index (κ2) is 24.7. The van der Waals surface area contributed by atoms with Gasteiger partial charge in [-0.25, -0.2) is 9.69 Å². The fourth-order valence-electron chi connectivity index (χ4n) is 9.10. The zero-order valence-electron chi connectivity index (χ0n) is 38.4. The highest BCUT2D eigenvalue weighted by Crippen LogP contribution is 2.41. The summed E-state index contributed by atoms with van der Waals surface area (Å²) in [5.41, 5.74) is 7.43. The van der Waals surface area contributed by atoms with Crippen molar-refractivity contribution in [2.75, 3.05) is 87.4 Å². The van der Waals surface area contributed by atoms with Crippen LogP contribution in [0.25, 0.3) is 9.69 Å². The van der Waals surface area contributed by atoms with Crippen molar-refractivity contribution in [1.82, 2.24) is 10.2 Å². The van der Waals surface area contributed by atoms with E-state index in [1.54, 1.807) is 24.3 Å². The summed E-state index contributed by atoms with van der Waals surface area (Å²) in [6.45, 7) is 22.0. The Kier molecular flexibility index (Phi) is 18.5. The Balaban J connectivity index is 0.000000159. The molecule has 71 heavy (non-hydrogen) atoms. The number of piperazine rings is 2. The summed E-state index contributed by atoms with van der Waals surface area (Å²) in [4.78, 5) is 13.9. The maximum atomic E-state index is 7.24. The van der Waals surface area contributed by atoms with E-state index in [2.05, 4.69) is 69.9 Å². The number of halogens is 7. The van der Waals surface area contributed by atoms with Gasteiger partial charge in [-0.2, -0.15) is 0 Å². The van der Waals surface area contributed by atoms with E-state index in [0.717, 1.165) is 72.4 Å². The number of alkyl halides is 1. The van der Waals surface area contributed by atoms with E-state index < -0.39 is 11.6 Å². The van der Waals surface area contributed by atoms with Crippen molar-refractivity contribution < 1.29 is 18.9 Å². The zero-order valence-corrected chi connectivity index (χ0v) is 44.5. The van der Waals surface area contributed by atoms with Gasteiger partial charge in [-0.1, -0.05) is 158 Å². The minimum atomic E-state index is -0.856. The van der Waals surface area contributed by atoms with Gasteiger partial charge in [0.25, 0.3) is 0 Å². The lowest BCUT2D eigenvalue weighted by Gasteiger charge is -2.45. The first-order chi connectivity index (χ1) is 34.4. The summed E-state index contributed by atoms with van der Waals surface area (Å²) >= 11 is 40.7. The third-order valence-corrected chi connectivity index (χ3v) is 15.0. The van der Waals surface area contributed by atoms with Crippen LogP contribution in [-0.4, -0.2) is 82.5 Å². The van der Waals surface area contributed by atoms with Gasteiger partial charge in [0.15, 0.2) is 11.4 Å². The maximum absolute atomic E-state index is 7.24. The predicted octanol–water partition coefficient (Wildman–Crippen LogP) is 14.6. The van der Waals surface area contributed by atoms with E-state index in [1.807, 2.05) is 84.9 Å². The van der Waals surface area contributed by atoms with Crippen molar-refractivity contribution in [3.63, 3.8) is 0 Å². The van der Waals surface area contributed by atoms with Gasteiger partial charge >= 0.3 is 0 Å². The van der Waals surface area contributed by atoms with Crippen LogP contribution >= 0.6 is 85.5 Å². The van der Waals surface area contributed by atoms with E-state index in [0.29, 0.717) is 74.8 Å². The summed E-state index contributed by atoms with van der Waals surface area (Å²) in [5.74, 6) is -1.52. The third-order valence-electron chi connectivity index (χ3n) is 12.6. The van der Waals surface area contributed by atoms with Crippen molar-refractivity contribution in [1.29, 1.82) is 0 Å². The van der Waals surface area contributed by atoms with Crippen LogP contribution in [0.4, 0.5) is 22.7 Å². The molecule has 368 valence electrons. The Morgan fingerprint density at radius 3 is 1.44 bits per heavy atom. The van der Waals surface area contributed by atoms with Crippen molar-refractivity contribution in [3.05, 3.63) is 209 Å². The number of hydrogen-bond acceptors (Lipinski definition) is 8. The lowest BCUT2D eigenvalue weighted by Crippen LogP contribution is -2.53. The van der Waals surface area contributed by atoms with Gasteiger partial charge in [-0.05, 0) is 71.8 Å². The first kappa shape index (κ1) is 53.2. The van der Waals surface area contributed by atoms with Crippen LogP contribution in [0, 0.1) is 13.1 Å². The number of hydrogen-bond donors (Lipinski definition) is 1. The van der Waals surface area contributed by atoms with E-state index >= 15 is 0 Å². The molecule has 2 atom stereocenters. The monoisotopic (exact) mass is 1130 g/mol. The molecule has 0 saturated carbocycles. The molecule has 0 aromatic heterocycles. The van der Waals surface area contributed by atoms with Gasteiger partial charge in [0.05, 0.1) is 85.0 Å². The molecule has 0 unspecified atom stereocenters. The highest BCUT2D eigenvalue weighted by Gasteiger charge is 2.43. The molecule has 4 aliphatic rings. The molecule has 4 aliphatic heterocycles. The Morgan fingerprint density at radius 2 is 0.972 bits per heavy atom. The van der Waals surface area contributed by atoms with Crippen molar-refractivity contribution in [2.24, 2.45) is 0 Å². The minimum Gasteiger partial charge on any atom is -0.361 e. The number of rotatable bonds is 9. The number of benzene rings is 6. The predicted molar refractivity (Wildman–Crippen MR) is 292 cm³/mol. The van der Waals surface area contributed by atoms with Crippen LogP contribution in [0.15, 0.2) is 133 Å². The smallest absolute Gasteiger partial charge is 0.208 e. The van der Waals surface area contributed by atoms with Crippen molar-refractivity contribution >= 4 is 108 Å². The maximum Gasteiger partial charge on any atom is 0.208 e. The minimum absolute atomic E-state index is 0.0441.